The molecule has 0 amide bonds. The normalized spacial score (nSPS) is 17.6. The Balaban J connectivity index is 0.00000242. The summed E-state index contributed by atoms with van der Waals surface area (Å²) in [6.45, 7) is 3.00. The van der Waals surface area contributed by atoms with Gasteiger partial charge in [0, 0.05) is 59.7 Å². The van der Waals surface area contributed by atoms with E-state index in [0.717, 1.165) is 57.3 Å². The minimum absolute atomic E-state index is 0. The number of ether oxygens (including phenoxy) is 2. The van der Waals surface area contributed by atoms with Gasteiger partial charge in [0.15, 0.2) is 5.96 Å². The minimum Gasteiger partial charge on any atom is -0.469 e. The number of halogens is 1. The third-order valence-corrected chi connectivity index (χ3v) is 3.88. The number of rotatable bonds is 6. The van der Waals surface area contributed by atoms with Crippen molar-refractivity contribution in [1.82, 2.24) is 10.6 Å². The number of methoxy groups -OCH3 is 1. The van der Waals surface area contributed by atoms with Gasteiger partial charge in [-0.2, -0.15) is 0 Å². The Kier molecular flexibility index (Phi) is 8.81. The van der Waals surface area contributed by atoms with Gasteiger partial charge in [0.2, 0.25) is 0 Å². The molecule has 22 heavy (non-hydrogen) atoms. The van der Waals surface area contributed by atoms with Gasteiger partial charge in [-0.1, -0.05) is 0 Å². The first-order valence-corrected chi connectivity index (χ1v) is 7.38. The van der Waals surface area contributed by atoms with Gasteiger partial charge in [0.1, 0.15) is 5.76 Å². The van der Waals surface area contributed by atoms with Crippen molar-refractivity contribution in [2.45, 2.75) is 24.9 Å². The zero-order valence-electron chi connectivity index (χ0n) is 13.3. The van der Waals surface area contributed by atoms with E-state index < -0.39 is 0 Å². The predicted octanol–water partition coefficient (Wildman–Crippen LogP) is 1.80. The van der Waals surface area contributed by atoms with Gasteiger partial charge in [0.05, 0.1) is 11.9 Å². The number of nitrogens with zero attached hydrogens (tertiary/aromatic N) is 1. The van der Waals surface area contributed by atoms with Gasteiger partial charge in [-0.05, 0) is 12.1 Å². The average molecular weight is 423 g/mol. The molecular weight excluding hydrogens is 397 g/mol. The van der Waals surface area contributed by atoms with E-state index in [-0.39, 0.29) is 29.6 Å². The van der Waals surface area contributed by atoms with Gasteiger partial charge in [-0.15, -0.1) is 24.0 Å². The molecule has 126 valence electrons. The van der Waals surface area contributed by atoms with Crippen LogP contribution in [0, 0.1) is 0 Å². The second kappa shape index (κ2) is 10.1. The highest BCUT2D eigenvalue weighted by molar-refractivity contribution is 14.0. The number of aliphatic imine (C=N–C) groups is 1. The quantitative estimate of drug-likeness (QED) is 0.415. The maximum absolute atomic E-state index is 5.70. The molecule has 0 radical (unpaired) electrons. The van der Waals surface area contributed by atoms with E-state index in [2.05, 4.69) is 15.6 Å². The molecule has 0 aliphatic carbocycles. The number of hydrogen-bond donors (Lipinski definition) is 2. The summed E-state index contributed by atoms with van der Waals surface area (Å²) in [6.07, 6.45) is 4.33. The fraction of sp³-hybridized carbons (Fsp3) is 0.667. The molecule has 2 rings (SSSR count). The molecule has 6 nitrogen and oxygen atoms in total. The molecule has 1 aliphatic rings. The van der Waals surface area contributed by atoms with Crippen LogP contribution in [0.25, 0.3) is 0 Å². The Labute approximate surface area is 149 Å². The average Bonchev–Trinajstić information content (AvgIpc) is 3.05. The molecular formula is C15H26IN3O3. The largest absolute Gasteiger partial charge is 0.469 e. The summed E-state index contributed by atoms with van der Waals surface area (Å²) in [5.41, 5.74) is -0.156. The summed E-state index contributed by atoms with van der Waals surface area (Å²) in [7, 11) is 3.53. The molecule has 2 heterocycles. The zero-order chi connectivity index (χ0) is 15.0. The Morgan fingerprint density at radius 3 is 2.73 bits per heavy atom. The van der Waals surface area contributed by atoms with Crippen LogP contribution in [0.3, 0.4) is 0 Å². The van der Waals surface area contributed by atoms with Crippen molar-refractivity contribution in [3.63, 3.8) is 0 Å². The summed E-state index contributed by atoms with van der Waals surface area (Å²) in [6, 6.07) is 3.87. The van der Waals surface area contributed by atoms with Crippen molar-refractivity contribution in [3.05, 3.63) is 24.2 Å². The van der Waals surface area contributed by atoms with E-state index >= 15 is 0 Å². The Morgan fingerprint density at radius 2 is 2.14 bits per heavy atom. The van der Waals surface area contributed by atoms with Crippen molar-refractivity contribution in [2.24, 2.45) is 4.99 Å². The van der Waals surface area contributed by atoms with E-state index in [1.807, 2.05) is 12.1 Å². The smallest absolute Gasteiger partial charge is 0.191 e. The molecule has 1 aliphatic heterocycles. The van der Waals surface area contributed by atoms with Gasteiger partial charge in [-0.3, -0.25) is 4.99 Å². The molecule has 0 aromatic carbocycles. The van der Waals surface area contributed by atoms with E-state index in [4.69, 9.17) is 13.9 Å². The van der Waals surface area contributed by atoms with E-state index in [9.17, 15) is 0 Å². The molecule has 1 aromatic heterocycles. The number of guanidine groups is 1. The third-order valence-electron chi connectivity index (χ3n) is 3.88. The molecule has 0 unspecified atom stereocenters. The summed E-state index contributed by atoms with van der Waals surface area (Å²) in [5, 5.41) is 6.62. The Morgan fingerprint density at radius 1 is 1.36 bits per heavy atom. The first-order valence-electron chi connectivity index (χ1n) is 7.38. The maximum atomic E-state index is 5.70. The Hall–Kier alpha value is -0.800. The first-order chi connectivity index (χ1) is 10.3. The lowest BCUT2D eigenvalue weighted by molar-refractivity contribution is -0.0855. The van der Waals surface area contributed by atoms with Gasteiger partial charge in [0.25, 0.3) is 0 Å². The summed E-state index contributed by atoms with van der Waals surface area (Å²) < 4.78 is 16.4. The van der Waals surface area contributed by atoms with Crippen molar-refractivity contribution < 1.29 is 13.9 Å². The first kappa shape index (κ1) is 19.2. The van der Waals surface area contributed by atoms with Crippen LogP contribution < -0.4 is 10.6 Å². The van der Waals surface area contributed by atoms with Crippen LogP contribution >= 0.6 is 24.0 Å². The second-order valence-corrected chi connectivity index (χ2v) is 5.18. The fourth-order valence-corrected chi connectivity index (χ4v) is 2.42. The second-order valence-electron chi connectivity index (χ2n) is 5.18. The monoisotopic (exact) mass is 423 g/mol. The predicted molar refractivity (Wildman–Crippen MR) is 97.0 cm³/mol. The molecule has 0 bridgehead atoms. The minimum atomic E-state index is -0.156. The van der Waals surface area contributed by atoms with Gasteiger partial charge < -0.3 is 24.5 Å². The topological polar surface area (TPSA) is 68.0 Å². The highest BCUT2D eigenvalue weighted by Gasteiger charge is 2.32. The van der Waals surface area contributed by atoms with Crippen LogP contribution in [-0.2, 0) is 15.9 Å². The van der Waals surface area contributed by atoms with Gasteiger partial charge in [-0.25, -0.2) is 0 Å². The van der Waals surface area contributed by atoms with Crippen LogP contribution in [-0.4, -0.2) is 52.0 Å². The highest BCUT2D eigenvalue weighted by atomic mass is 127. The van der Waals surface area contributed by atoms with Crippen LogP contribution in [0.4, 0.5) is 0 Å². The summed E-state index contributed by atoms with van der Waals surface area (Å²) in [5.74, 6) is 1.75. The lowest BCUT2D eigenvalue weighted by Crippen LogP contribution is -2.51. The summed E-state index contributed by atoms with van der Waals surface area (Å²) in [4.78, 5) is 4.23. The summed E-state index contributed by atoms with van der Waals surface area (Å²) >= 11 is 0. The van der Waals surface area contributed by atoms with E-state index in [1.54, 1.807) is 20.4 Å². The van der Waals surface area contributed by atoms with Crippen molar-refractivity contribution >= 4 is 29.9 Å². The van der Waals surface area contributed by atoms with Crippen molar-refractivity contribution in [2.75, 3.05) is 40.5 Å². The van der Waals surface area contributed by atoms with Crippen LogP contribution in [0.1, 0.15) is 18.6 Å². The molecule has 0 atom stereocenters. The lowest BCUT2D eigenvalue weighted by Gasteiger charge is -2.36. The number of nitrogens with one attached hydrogen (secondary N) is 2. The molecule has 7 heteroatoms. The molecule has 0 saturated carbocycles. The van der Waals surface area contributed by atoms with Crippen LogP contribution in [0.15, 0.2) is 27.8 Å². The molecule has 0 spiro atoms. The van der Waals surface area contributed by atoms with Crippen LogP contribution in [0.5, 0.6) is 0 Å². The van der Waals surface area contributed by atoms with Crippen molar-refractivity contribution in [3.8, 4) is 0 Å². The molecule has 2 N–H and O–H groups in total. The van der Waals surface area contributed by atoms with Crippen LogP contribution in [0.2, 0.25) is 0 Å². The highest BCUT2D eigenvalue weighted by Crippen LogP contribution is 2.23. The number of hydrogen-bond acceptors (Lipinski definition) is 4. The Bertz CT molecular complexity index is 431. The SMILES string of the molecule is CN=C(NCCc1ccco1)NCC1(OC)CCOCC1.I. The lowest BCUT2D eigenvalue weighted by atomic mass is 9.94. The number of furan rings is 1. The maximum Gasteiger partial charge on any atom is 0.191 e. The zero-order valence-corrected chi connectivity index (χ0v) is 15.6. The molecule has 1 fully saturated rings. The molecule has 1 aromatic rings. The third kappa shape index (κ3) is 5.77. The van der Waals surface area contributed by atoms with E-state index in [1.165, 1.54) is 0 Å². The van der Waals surface area contributed by atoms with E-state index in [0.29, 0.717) is 0 Å². The standard InChI is InChI=1S/C15H25N3O3.HI/c1-16-14(17-8-5-13-4-3-9-21-13)18-12-15(19-2)6-10-20-11-7-15;/h3-4,9H,5-8,10-12H2,1-2H3,(H2,16,17,18);1H. The molecule has 1 saturated heterocycles. The van der Waals surface area contributed by atoms with Gasteiger partial charge >= 0.3 is 0 Å². The van der Waals surface area contributed by atoms with Crippen molar-refractivity contribution in [1.29, 1.82) is 0 Å². The fourth-order valence-electron chi connectivity index (χ4n) is 2.42.